The molecule has 2 aromatic carbocycles. The Morgan fingerprint density at radius 3 is 2.32 bits per heavy atom. The van der Waals surface area contributed by atoms with Crippen molar-refractivity contribution in [2.75, 3.05) is 24.2 Å². The first-order valence-electron chi connectivity index (χ1n) is 13.0. The van der Waals surface area contributed by atoms with Crippen molar-refractivity contribution < 1.29 is 50.5 Å². The van der Waals surface area contributed by atoms with Crippen molar-refractivity contribution in [1.29, 1.82) is 0 Å². The topological polar surface area (TPSA) is 144 Å². The second-order valence-corrected chi connectivity index (χ2v) is 12.4. The van der Waals surface area contributed by atoms with Gasteiger partial charge in [0, 0.05) is 17.7 Å². The Labute approximate surface area is 261 Å². The van der Waals surface area contributed by atoms with Crippen LogP contribution in [0.1, 0.15) is 40.4 Å². The van der Waals surface area contributed by atoms with Gasteiger partial charge in [0.25, 0.3) is 0 Å². The largest absolute Gasteiger partial charge is 0.619 e. The summed E-state index contributed by atoms with van der Waals surface area (Å²) in [4.78, 5) is 25.3. The molecular weight excluding hydrogens is 649 g/mol. The average molecular weight is 675 g/mol. The van der Waals surface area contributed by atoms with Crippen molar-refractivity contribution in [3.8, 4) is 11.5 Å². The van der Waals surface area contributed by atoms with Crippen molar-refractivity contribution in [3.05, 3.63) is 86.8 Å². The maximum absolute atomic E-state index is 13.0. The molecule has 4 rings (SSSR count). The standard InChI is InChI=1S/C28H26Cl2F2N2O9S/c1-44(38,39)33-19-7-4-17(5-8-19)27(36)41-15-26(35)42-24(11-20-21(29)12-34(37)13-22(20)30)18-6-9-23(43-28(31)32)25(10-18)40-14-16-2-3-16/h4-10,12-13,16,24,28,33H,2-3,11,14-15H2,1H3. The number of aromatic nitrogens is 1. The lowest BCUT2D eigenvalue weighted by Gasteiger charge is -2.21. The van der Waals surface area contributed by atoms with E-state index in [4.69, 9.17) is 37.4 Å². The Hall–Kier alpha value is -3.88. The number of esters is 2. The van der Waals surface area contributed by atoms with Crippen molar-refractivity contribution in [2.24, 2.45) is 5.92 Å². The fourth-order valence-corrected chi connectivity index (χ4v) is 5.11. The second kappa shape index (κ2) is 14.3. The predicted molar refractivity (Wildman–Crippen MR) is 154 cm³/mol. The van der Waals surface area contributed by atoms with Gasteiger partial charge in [0.15, 0.2) is 30.5 Å². The number of nitrogens with zero attached hydrogens (tertiary/aromatic N) is 1. The molecule has 1 atom stereocenters. The van der Waals surface area contributed by atoms with Crippen LogP contribution in [0.15, 0.2) is 54.9 Å². The first-order valence-corrected chi connectivity index (χ1v) is 15.6. The van der Waals surface area contributed by atoms with Crippen LogP contribution in [0.3, 0.4) is 0 Å². The quantitative estimate of drug-likeness (QED) is 0.141. The van der Waals surface area contributed by atoms with E-state index in [1.807, 2.05) is 0 Å². The van der Waals surface area contributed by atoms with E-state index >= 15 is 0 Å². The number of rotatable bonds is 14. The zero-order valence-corrected chi connectivity index (χ0v) is 25.3. The number of hydrogen-bond donors (Lipinski definition) is 1. The molecular formula is C28H26Cl2F2N2O9S. The van der Waals surface area contributed by atoms with Crippen LogP contribution in [-0.2, 0) is 30.7 Å². The van der Waals surface area contributed by atoms with Gasteiger partial charge in [-0.15, -0.1) is 0 Å². The minimum atomic E-state index is -3.52. The SMILES string of the molecule is CS(=O)(=O)Nc1ccc(C(=O)OCC(=O)OC(Cc2c(Cl)c[n+]([O-])cc2Cl)c2ccc(OC(F)F)c(OCC3CC3)c2)cc1. The smallest absolute Gasteiger partial charge is 0.387 e. The number of ether oxygens (including phenoxy) is 4. The summed E-state index contributed by atoms with van der Waals surface area (Å²) >= 11 is 12.5. The highest BCUT2D eigenvalue weighted by molar-refractivity contribution is 7.92. The lowest BCUT2D eigenvalue weighted by Crippen LogP contribution is -2.26. The van der Waals surface area contributed by atoms with E-state index in [0.717, 1.165) is 31.5 Å². The Bertz CT molecular complexity index is 1600. The summed E-state index contributed by atoms with van der Waals surface area (Å²) < 4.78 is 72.5. The van der Waals surface area contributed by atoms with Crippen LogP contribution in [0.25, 0.3) is 0 Å². The van der Waals surface area contributed by atoms with Gasteiger partial charge < -0.3 is 24.2 Å². The third-order valence-electron chi connectivity index (χ3n) is 6.19. The van der Waals surface area contributed by atoms with Gasteiger partial charge in [-0.2, -0.15) is 13.5 Å². The molecule has 0 amide bonds. The molecule has 1 saturated carbocycles. The van der Waals surface area contributed by atoms with E-state index in [-0.39, 0.29) is 62.9 Å². The molecule has 3 aromatic rings. The molecule has 1 aromatic heterocycles. The van der Waals surface area contributed by atoms with Crippen LogP contribution in [0.2, 0.25) is 10.0 Å². The monoisotopic (exact) mass is 674 g/mol. The highest BCUT2D eigenvalue weighted by atomic mass is 35.5. The maximum Gasteiger partial charge on any atom is 0.387 e. The molecule has 44 heavy (non-hydrogen) atoms. The molecule has 16 heteroatoms. The Morgan fingerprint density at radius 2 is 1.73 bits per heavy atom. The van der Waals surface area contributed by atoms with Crippen LogP contribution in [0, 0.1) is 11.1 Å². The van der Waals surface area contributed by atoms with Gasteiger partial charge in [0.05, 0.1) is 18.4 Å². The van der Waals surface area contributed by atoms with Crippen molar-refractivity contribution in [1.82, 2.24) is 0 Å². The molecule has 0 radical (unpaired) electrons. The summed E-state index contributed by atoms with van der Waals surface area (Å²) in [5, 5.41) is 11.7. The third-order valence-corrected chi connectivity index (χ3v) is 7.45. The lowest BCUT2D eigenvalue weighted by molar-refractivity contribution is -0.605. The number of carbonyl (C=O) groups excluding carboxylic acids is 2. The average Bonchev–Trinajstić information content (AvgIpc) is 3.76. The minimum absolute atomic E-state index is 0.00126. The van der Waals surface area contributed by atoms with Gasteiger partial charge in [-0.3, -0.25) is 4.72 Å². The van der Waals surface area contributed by atoms with Crippen LogP contribution in [0.5, 0.6) is 11.5 Å². The molecule has 1 heterocycles. The molecule has 1 fully saturated rings. The van der Waals surface area contributed by atoms with Gasteiger partial charge in [-0.25, -0.2) is 18.0 Å². The summed E-state index contributed by atoms with van der Waals surface area (Å²) in [6.45, 7) is -3.65. The summed E-state index contributed by atoms with van der Waals surface area (Å²) in [5.74, 6) is -1.80. The molecule has 1 unspecified atom stereocenters. The third kappa shape index (κ3) is 9.82. The fraction of sp³-hybridized carbons (Fsp3) is 0.321. The molecule has 0 aliphatic heterocycles. The minimum Gasteiger partial charge on any atom is -0.619 e. The molecule has 236 valence electrons. The molecule has 1 N–H and O–H groups in total. The van der Waals surface area contributed by atoms with Gasteiger partial charge >= 0.3 is 18.6 Å². The number of benzene rings is 2. The number of hydrogen-bond acceptors (Lipinski definition) is 9. The highest BCUT2D eigenvalue weighted by Crippen LogP contribution is 2.37. The second-order valence-electron chi connectivity index (χ2n) is 9.84. The van der Waals surface area contributed by atoms with E-state index < -0.39 is 41.3 Å². The molecule has 0 bridgehead atoms. The summed E-state index contributed by atoms with van der Waals surface area (Å²) in [5.41, 5.74) is 0.801. The Morgan fingerprint density at radius 1 is 1.07 bits per heavy atom. The van der Waals surface area contributed by atoms with E-state index in [1.165, 1.54) is 42.5 Å². The number of sulfonamides is 1. The summed E-state index contributed by atoms with van der Waals surface area (Å²) in [6.07, 6.45) is 3.68. The van der Waals surface area contributed by atoms with Gasteiger partial charge in [-0.05, 0) is 60.7 Å². The first kappa shape index (κ1) is 33.0. The number of pyridine rings is 1. The number of nitrogens with one attached hydrogen (secondary N) is 1. The van der Waals surface area contributed by atoms with Gasteiger partial charge in [-0.1, -0.05) is 29.3 Å². The molecule has 1 aliphatic carbocycles. The predicted octanol–water partition coefficient (Wildman–Crippen LogP) is 5.07. The highest BCUT2D eigenvalue weighted by Gasteiger charge is 2.27. The summed E-state index contributed by atoms with van der Waals surface area (Å²) in [6, 6.07) is 9.30. The summed E-state index contributed by atoms with van der Waals surface area (Å²) in [7, 11) is -3.52. The fourth-order valence-electron chi connectivity index (χ4n) is 3.95. The van der Waals surface area contributed by atoms with E-state index in [9.17, 15) is 32.0 Å². The maximum atomic E-state index is 13.0. The van der Waals surface area contributed by atoms with E-state index in [1.54, 1.807) is 0 Å². The van der Waals surface area contributed by atoms with Crippen LogP contribution in [-0.4, -0.2) is 46.4 Å². The zero-order valence-electron chi connectivity index (χ0n) is 23.0. The molecule has 0 spiro atoms. The van der Waals surface area contributed by atoms with Crippen molar-refractivity contribution in [2.45, 2.75) is 32.0 Å². The molecule has 11 nitrogen and oxygen atoms in total. The number of carbonyl (C=O) groups is 2. The van der Waals surface area contributed by atoms with Gasteiger partial charge in [0.2, 0.25) is 10.0 Å². The van der Waals surface area contributed by atoms with Gasteiger partial charge in [0.1, 0.15) is 16.1 Å². The first-order chi connectivity index (χ1) is 20.8. The van der Waals surface area contributed by atoms with Crippen LogP contribution < -0.4 is 18.9 Å². The molecule has 1 aliphatic rings. The zero-order chi connectivity index (χ0) is 32.0. The number of anilines is 1. The van der Waals surface area contributed by atoms with E-state index in [0.29, 0.717) is 4.73 Å². The number of halogens is 4. The van der Waals surface area contributed by atoms with Crippen molar-refractivity contribution >= 4 is 50.9 Å². The number of alkyl halides is 2. The normalized spacial score (nSPS) is 13.7. The lowest BCUT2D eigenvalue weighted by atomic mass is 10.0. The molecule has 0 saturated heterocycles. The van der Waals surface area contributed by atoms with Crippen LogP contribution in [0.4, 0.5) is 14.5 Å². The Balaban J connectivity index is 1.53. The Kier molecular flexibility index (Phi) is 10.7. The van der Waals surface area contributed by atoms with E-state index in [2.05, 4.69) is 9.46 Å². The van der Waals surface area contributed by atoms with Crippen LogP contribution >= 0.6 is 23.2 Å². The van der Waals surface area contributed by atoms with Crippen molar-refractivity contribution in [3.63, 3.8) is 0 Å².